The van der Waals surface area contributed by atoms with Gasteiger partial charge >= 0.3 is 0 Å². The highest BCUT2D eigenvalue weighted by atomic mass is 32.2. The first kappa shape index (κ1) is 19.1. The highest BCUT2D eigenvalue weighted by molar-refractivity contribution is 7.90. The summed E-state index contributed by atoms with van der Waals surface area (Å²) in [6.07, 6.45) is 7.58. The molecule has 0 saturated heterocycles. The van der Waals surface area contributed by atoms with Crippen molar-refractivity contribution in [3.05, 3.63) is 30.1 Å². The molecule has 4 aliphatic carbocycles. The Hall–Kier alpha value is -1.93. The number of benzene rings is 1. The van der Waals surface area contributed by atoms with Gasteiger partial charge in [-0.3, -0.25) is 4.79 Å². The number of imidazole rings is 1. The number of hydrogen-bond acceptors (Lipinski definition) is 5. The maximum absolute atomic E-state index is 12.9. The van der Waals surface area contributed by atoms with Gasteiger partial charge < -0.3 is 15.0 Å². The highest BCUT2D eigenvalue weighted by Crippen LogP contribution is 2.55. The van der Waals surface area contributed by atoms with Crippen molar-refractivity contribution >= 4 is 26.8 Å². The number of carbonyl (C=O) groups is 1. The van der Waals surface area contributed by atoms with E-state index in [-0.39, 0.29) is 17.7 Å². The average Bonchev–Trinajstić information content (AvgIpc) is 3.03. The van der Waals surface area contributed by atoms with Gasteiger partial charge in [0.2, 0.25) is 0 Å². The summed E-state index contributed by atoms with van der Waals surface area (Å²) in [5, 5.41) is 14.0. The number of amides is 1. The molecule has 2 atom stereocenters. The van der Waals surface area contributed by atoms with Crippen molar-refractivity contribution in [2.24, 2.45) is 17.8 Å². The Kier molecular flexibility index (Phi) is 4.30. The molecule has 2 N–H and O–H groups in total. The van der Waals surface area contributed by atoms with Crippen LogP contribution in [0.1, 0.15) is 42.5 Å². The minimum Gasteiger partial charge on any atom is -0.390 e. The predicted molar refractivity (Wildman–Crippen MR) is 109 cm³/mol. The molecule has 0 radical (unpaired) electrons. The van der Waals surface area contributed by atoms with Crippen molar-refractivity contribution in [1.82, 2.24) is 14.9 Å². The first-order chi connectivity index (χ1) is 13.7. The fraction of sp³-hybridized carbons (Fsp3) is 0.619. The maximum Gasteiger partial charge on any atom is 0.251 e. The number of nitrogens with zero attached hydrogens (tertiary/aromatic N) is 2. The molecule has 7 nitrogen and oxygen atoms in total. The topological polar surface area (TPSA) is 101 Å². The zero-order valence-corrected chi connectivity index (χ0v) is 17.4. The van der Waals surface area contributed by atoms with E-state index in [1.165, 1.54) is 6.26 Å². The Morgan fingerprint density at radius 2 is 2.00 bits per heavy atom. The normalized spacial score (nSPS) is 33.3. The van der Waals surface area contributed by atoms with E-state index in [0.29, 0.717) is 35.4 Å². The summed E-state index contributed by atoms with van der Waals surface area (Å²) in [6.45, 7) is 0.344. The number of aromatic nitrogens is 2. The third-order valence-corrected chi connectivity index (χ3v) is 8.05. The van der Waals surface area contributed by atoms with E-state index < -0.39 is 15.4 Å². The summed E-state index contributed by atoms with van der Waals surface area (Å²) >= 11 is 0. The molecule has 2 aromatic rings. The molecular weight excluding hydrogens is 390 g/mol. The number of sulfone groups is 1. The van der Waals surface area contributed by atoms with Crippen molar-refractivity contribution in [3.63, 3.8) is 0 Å². The fourth-order valence-corrected chi connectivity index (χ4v) is 6.63. The first-order valence-electron chi connectivity index (χ1n) is 10.3. The minimum absolute atomic E-state index is 0.0541. The third-order valence-electron chi connectivity index (χ3n) is 7.12. The fourth-order valence-electron chi connectivity index (χ4n) is 6.10. The van der Waals surface area contributed by atoms with Crippen molar-refractivity contribution in [1.29, 1.82) is 0 Å². The number of fused-ring (bicyclic) bond motifs is 1. The summed E-state index contributed by atoms with van der Waals surface area (Å²) < 4.78 is 24.6. The number of aliphatic hydroxyl groups is 1. The van der Waals surface area contributed by atoms with Crippen molar-refractivity contribution in [2.45, 2.75) is 50.3 Å². The smallest absolute Gasteiger partial charge is 0.251 e. The zero-order chi connectivity index (χ0) is 20.4. The van der Waals surface area contributed by atoms with Gasteiger partial charge in [-0.1, -0.05) is 0 Å². The lowest BCUT2D eigenvalue weighted by atomic mass is 9.52. The van der Waals surface area contributed by atoms with E-state index in [1.807, 2.05) is 6.07 Å². The van der Waals surface area contributed by atoms with Gasteiger partial charge in [0.05, 0.1) is 28.7 Å². The van der Waals surface area contributed by atoms with Gasteiger partial charge in [-0.15, -0.1) is 0 Å². The molecule has 0 spiro atoms. The van der Waals surface area contributed by atoms with Crippen LogP contribution in [0.5, 0.6) is 0 Å². The number of aryl methyl sites for hydroxylation is 1. The van der Waals surface area contributed by atoms with E-state index >= 15 is 0 Å². The van der Waals surface area contributed by atoms with Gasteiger partial charge in [-0.2, -0.15) is 0 Å². The van der Waals surface area contributed by atoms with Crippen LogP contribution in [0.25, 0.3) is 11.0 Å². The Morgan fingerprint density at radius 3 is 2.66 bits per heavy atom. The van der Waals surface area contributed by atoms with E-state index in [0.717, 1.165) is 37.6 Å². The Labute approximate surface area is 170 Å². The van der Waals surface area contributed by atoms with E-state index in [1.54, 1.807) is 23.0 Å². The molecule has 1 heterocycles. The molecule has 4 fully saturated rings. The molecule has 156 valence electrons. The van der Waals surface area contributed by atoms with Gasteiger partial charge in [0.15, 0.2) is 0 Å². The number of rotatable bonds is 5. The summed E-state index contributed by atoms with van der Waals surface area (Å²) in [7, 11) is -3.05. The Bertz CT molecular complexity index is 1060. The summed E-state index contributed by atoms with van der Waals surface area (Å²) in [5.74, 6) is 1.31. The second-order valence-corrected chi connectivity index (χ2v) is 11.7. The summed E-state index contributed by atoms with van der Waals surface area (Å²) in [6, 6.07) is 5.52. The molecule has 4 saturated carbocycles. The van der Waals surface area contributed by atoms with Crippen LogP contribution in [0.2, 0.25) is 0 Å². The number of carbonyl (C=O) groups excluding carboxylic acids is 1. The van der Waals surface area contributed by atoms with Crippen LogP contribution in [0, 0.1) is 17.8 Å². The van der Waals surface area contributed by atoms with Crippen molar-refractivity contribution in [2.75, 3.05) is 12.0 Å². The summed E-state index contributed by atoms with van der Waals surface area (Å²) in [4.78, 5) is 17.3. The predicted octanol–water partition coefficient (Wildman–Crippen LogP) is 1.75. The van der Waals surface area contributed by atoms with Crippen LogP contribution in [0.4, 0.5) is 0 Å². The lowest BCUT2D eigenvalue weighted by molar-refractivity contribution is -0.136. The largest absolute Gasteiger partial charge is 0.390 e. The van der Waals surface area contributed by atoms with Gasteiger partial charge in [0.25, 0.3) is 5.91 Å². The number of nitrogens with one attached hydrogen (secondary N) is 1. The van der Waals surface area contributed by atoms with Crippen molar-refractivity contribution in [3.8, 4) is 0 Å². The molecule has 0 aliphatic heterocycles. The van der Waals surface area contributed by atoms with Crippen LogP contribution in [-0.2, 0) is 16.4 Å². The van der Waals surface area contributed by atoms with Crippen molar-refractivity contribution < 1.29 is 18.3 Å². The molecule has 2 unspecified atom stereocenters. The van der Waals surface area contributed by atoms with Gasteiger partial charge in [0.1, 0.15) is 9.84 Å². The zero-order valence-electron chi connectivity index (χ0n) is 16.5. The second kappa shape index (κ2) is 6.54. The highest BCUT2D eigenvalue weighted by Gasteiger charge is 2.55. The van der Waals surface area contributed by atoms with Crippen LogP contribution < -0.4 is 5.32 Å². The average molecular weight is 418 g/mol. The van der Waals surface area contributed by atoms with Crippen LogP contribution in [0.15, 0.2) is 24.5 Å². The molecular formula is C21H27N3O4S. The Balaban J connectivity index is 1.32. The monoisotopic (exact) mass is 417 g/mol. The molecule has 29 heavy (non-hydrogen) atoms. The summed E-state index contributed by atoms with van der Waals surface area (Å²) in [5.41, 5.74) is 1.57. The minimum atomic E-state index is -3.05. The molecule has 4 aliphatic rings. The van der Waals surface area contributed by atoms with Crippen LogP contribution in [0.3, 0.4) is 0 Å². The number of hydrogen-bond donors (Lipinski definition) is 2. The molecule has 1 aromatic carbocycles. The van der Waals surface area contributed by atoms with E-state index in [2.05, 4.69) is 10.3 Å². The first-order valence-corrected chi connectivity index (χ1v) is 12.4. The Morgan fingerprint density at radius 1 is 1.28 bits per heavy atom. The van der Waals surface area contributed by atoms with E-state index in [9.17, 15) is 18.3 Å². The lowest BCUT2D eigenvalue weighted by Crippen LogP contribution is -2.61. The maximum atomic E-state index is 12.9. The SMILES string of the molecule is CS(=O)(=O)CCn1cnc2cc(C(=O)NC3C4CC5CC3CC(O)(C5)C4)ccc21. The van der Waals surface area contributed by atoms with Gasteiger partial charge in [0, 0.05) is 24.4 Å². The van der Waals surface area contributed by atoms with E-state index in [4.69, 9.17) is 0 Å². The molecule has 6 rings (SSSR count). The molecule has 1 aromatic heterocycles. The second-order valence-electron chi connectivity index (χ2n) is 9.46. The van der Waals surface area contributed by atoms with Crippen LogP contribution in [-0.4, -0.2) is 52.6 Å². The molecule has 4 bridgehead atoms. The molecule has 8 heteroatoms. The standard InChI is InChI=1S/C21H27N3O4S/c1-29(27,28)5-4-24-12-22-17-8-14(2-3-18(17)24)20(25)23-19-15-6-13-7-16(19)11-21(26,9-13)10-15/h2-3,8,12-13,15-16,19,26H,4-7,9-11H2,1H3,(H,23,25). The van der Waals surface area contributed by atoms with Crippen LogP contribution >= 0.6 is 0 Å². The lowest BCUT2D eigenvalue weighted by Gasteiger charge is -2.58. The third kappa shape index (κ3) is 3.57. The molecule has 1 amide bonds. The quantitative estimate of drug-likeness (QED) is 0.772. The van der Waals surface area contributed by atoms with Gasteiger partial charge in [-0.05, 0) is 68.1 Å². The van der Waals surface area contributed by atoms with Gasteiger partial charge in [-0.25, -0.2) is 13.4 Å².